The van der Waals surface area contributed by atoms with Crippen molar-refractivity contribution in [3.05, 3.63) is 47.8 Å². The van der Waals surface area contributed by atoms with Gasteiger partial charge in [0, 0.05) is 12.3 Å². The van der Waals surface area contributed by atoms with Crippen LogP contribution in [0.25, 0.3) is 0 Å². The molecule has 0 fully saturated rings. The Bertz CT molecular complexity index is 670. The van der Waals surface area contributed by atoms with Gasteiger partial charge in [-0.1, -0.05) is 35.5 Å². The summed E-state index contributed by atoms with van der Waals surface area (Å²) in [6.07, 6.45) is 1.23. The van der Waals surface area contributed by atoms with E-state index in [0.717, 1.165) is 22.3 Å². The lowest BCUT2D eigenvalue weighted by Gasteiger charge is -2.14. The number of aliphatic hydroxyl groups is 1. The van der Waals surface area contributed by atoms with Gasteiger partial charge in [-0.15, -0.1) is 16.8 Å². The van der Waals surface area contributed by atoms with Crippen LogP contribution in [0.15, 0.2) is 36.0 Å². The van der Waals surface area contributed by atoms with Crippen LogP contribution in [0.4, 0.5) is 0 Å². The normalized spacial score (nSPS) is 12.2. The number of ether oxygens (including phenoxy) is 1. The van der Waals surface area contributed by atoms with Crippen LogP contribution >= 0.6 is 11.8 Å². The second-order valence-corrected chi connectivity index (χ2v) is 6.46. The number of nitrogens with zero attached hydrogens (tertiary/aromatic N) is 3. The standard InChI is InChI=1S/C17H23N3O2S/c1-5-8-20-14(4)18-19-17(20)23-11-15(21)10-22-16-7-6-12(2)9-13(16)3/h5-7,9,15,21H,1,8,10-11H2,2-4H3. The highest BCUT2D eigenvalue weighted by Crippen LogP contribution is 2.21. The van der Waals surface area contributed by atoms with Crippen molar-refractivity contribution >= 4 is 11.8 Å². The molecule has 2 aromatic rings. The molecule has 23 heavy (non-hydrogen) atoms. The molecule has 2 rings (SSSR count). The third-order valence-corrected chi connectivity index (χ3v) is 4.49. The lowest BCUT2D eigenvalue weighted by Crippen LogP contribution is -2.20. The molecular formula is C17H23N3O2S. The number of hydrogen-bond donors (Lipinski definition) is 1. The SMILES string of the molecule is C=CCn1c(C)nnc1SCC(O)COc1ccc(C)cc1C. The predicted molar refractivity (Wildman–Crippen MR) is 93.1 cm³/mol. The number of benzene rings is 1. The lowest BCUT2D eigenvalue weighted by molar-refractivity contribution is 0.126. The van der Waals surface area contributed by atoms with Gasteiger partial charge < -0.3 is 14.4 Å². The predicted octanol–water partition coefficient (Wildman–Crippen LogP) is 2.92. The van der Waals surface area contributed by atoms with Gasteiger partial charge in [0.2, 0.25) is 0 Å². The molecule has 0 spiro atoms. The van der Waals surface area contributed by atoms with Gasteiger partial charge in [-0.25, -0.2) is 0 Å². The molecule has 0 saturated carbocycles. The first kappa shape index (κ1) is 17.6. The van der Waals surface area contributed by atoms with E-state index in [2.05, 4.69) is 22.8 Å². The van der Waals surface area contributed by atoms with Gasteiger partial charge in [-0.05, 0) is 32.4 Å². The van der Waals surface area contributed by atoms with Gasteiger partial charge in [0.25, 0.3) is 0 Å². The third-order valence-electron chi connectivity index (χ3n) is 3.38. The van der Waals surface area contributed by atoms with Crippen molar-refractivity contribution in [1.82, 2.24) is 14.8 Å². The molecule has 5 nitrogen and oxygen atoms in total. The number of aryl methyl sites for hydroxylation is 3. The van der Waals surface area contributed by atoms with Gasteiger partial charge in [0.15, 0.2) is 5.16 Å². The smallest absolute Gasteiger partial charge is 0.191 e. The number of rotatable bonds is 8. The van der Waals surface area contributed by atoms with E-state index in [0.29, 0.717) is 12.3 Å². The van der Waals surface area contributed by atoms with Gasteiger partial charge in [0.05, 0.1) is 6.10 Å². The van der Waals surface area contributed by atoms with Crippen molar-refractivity contribution in [2.24, 2.45) is 0 Å². The lowest BCUT2D eigenvalue weighted by atomic mass is 10.1. The Labute approximate surface area is 141 Å². The summed E-state index contributed by atoms with van der Waals surface area (Å²) in [4.78, 5) is 0. The van der Waals surface area contributed by atoms with E-state index < -0.39 is 6.10 Å². The topological polar surface area (TPSA) is 60.2 Å². The summed E-state index contributed by atoms with van der Waals surface area (Å²) in [6.45, 7) is 10.6. The fraction of sp³-hybridized carbons (Fsp3) is 0.412. The zero-order valence-electron chi connectivity index (χ0n) is 13.8. The molecule has 0 aliphatic rings. The van der Waals surface area contributed by atoms with E-state index in [1.165, 1.54) is 17.3 Å². The van der Waals surface area contributed by atoms with Crippen LogP contribution in [0.3, 0.4) is 0 Å². The summed E-state index contributed by atoms with van der Waals surface area (Å²) >= 11 is 1.47. The number of hydrogen-bond acceptors (Lipinski definition) is 5. The second kappa shape index (κ2) is 8.17. The first-order valence-electron chi connectivity index (χ1n) is 7.53. The fourth-order valence-electron chi connectivity index (χ4n) is 2.17. The van der Waals surface area contributed by atoms with Gasteiger partial charge in [-0.3, -0.25) is 0 Å². The second-order valence-electron chi connectivity index (χ2n) is 5.47. The van der Waals surface area contributed by atoms with Crippen LogP contribution in [0.1, 0.15) is 17.0 Å². The van der Waals surface area contributed by atoms with Crippen molar-refractivity contribution < 1.29 is 9.84 Å². The first-order chi connectivity index (χ1) is 11.0. The zero-order chi connectivity index (χ0) is 16.8. The highest BCUT2D eigenvalue weighted by molar-refractivity contribution is 7.99. The van der Waals surface area contributed by atoms with Crippen molar-refractivity contribution in [2.75, 3.05) is 12.4 Å². The zero-order valence-corrected chi connectivity index (χ0v) is 14.6. The average molecular weight is 333 g/mol. The van der Waals surface area contributed by atoms with Crippen LogP contribution in [0.5, 0.6) is 5.75 Å². The minimum absolute atomic E-state index is 0.255. The van der Waals surface area contributed by atoms with Crippen LogP contribution in [-0.2, 0) is 6.54 Å². The van der Waals surface area contributed by atoms with E-state index in [4.69, 9.17) is 4.74 Å². The largest absolute Gasteiger partial charge is 0.491 e. The summed E-state index contributed by atoms with van der Waals surface area (Å²) in [5, 5.41) is 19.1. The Hall–Kier alpha value is -1.79. The number of allylic oxidation sites excluding steroid dienone is 1. The Balaban J connectivity index is 1.85. The summed E-state index contributed by atoms with van der Waals surface area (Å²) in [5.74, 6) is 2.15. The number of aromatic nitrogens is 3. The maximum absolute atomic E-state index is 10.1. The van der Waals surface area contributed by atoms with E-state index in [-0.39, 0.29) is 6.61 Å². The maximum Gasteiger partial charge on any atom is 0.191 e. The molecule has 0 radical (unpaired) electrons. The molecule has 0 bridgehead atoms. The van der Waals surface area contributed by atoms with Crippen molar-refractivity contribution in [3.63, 3.8) is 0 Å². The Kier molecular flexibility index (Phi) is 6.24. The Morgan fingerprint density at radius 3 is 2.83 bits per heavy atom. The van der Waals surface area contributed by atoms with Crippen molar-refractivity contribution in [1.29, 1.82) is 0 Å². The molecule has 1 heterocycles. The molecule has 6 heteroatoms. The van der Waals surface area contributed by atoms with E-state index in [9.17, 15) is 5.11 Å². The molecule has 1 N–H and O–H groups in total. The van der Waals surface area contributed by atoms with Gasteiger partial charge in [-0.2, -0.15) is 0 Å². The molecule has 1 aromatic carbocycles. The van der Waals surface area contributed by atoms with Crippen LogP contribution in [0.2, 0.25) is 0 Å². The van der Waals surface area contributed by atoms with Crippen LogP contribution < -0.4 is 4.74 Å². The molecule has 1 aromatic heterocycles. The first-order valence-corrected chi connectivity index (χ1v) is 8.51. The molecule has 1 unspecified atom stereocenters. The maximum atomic E-state index is 10.1. The molecule has 0 aliphatic carbocycles. The van der Waals surface area contributed by atoms with Gasteiger partial charge >= 0.3 is 0 Å². The monoisotopic (exact) mass is 333 g/mol. The summed E-state index contributed by atoms with van der Waals surface area (Å²) in [7, 11) is 0. The molecular weight excluding hydrogens is 310 g/mol. The van der Waals surface area contributed by atoms with E-state index >= 15 is 0 Å². The Morgan fingerprint density at radius 1 is 1.35 bits per heavy atom. The average Bonchev–Trinajstić information content (AvgIpc) is 2.85. The molecule has 0 aliphatic heterocycles. The molecule has 0 amide bonds. The van der Waals surface area contributed by atoms with Gasteiger partial charge in [0.1, 0.15) is 18.2 Å². The number of thioether (sulfide) groups is 1. The van der Waals surface area contributed by atoms with Crippen LogP contribution in [0, 0.1) is 20.8 Å². The highest BCUT2D eigenvalue weighted by Gasteiger charge is 2.12. The summed E-state index contributed by atoms with van der Waals surface area (Å²) in [6, 6.07) is 6.01. The van der Waals surface area contributed by atoms with Crippen molar-refractivity contribution in [3.8, 4) is 5.75 Å². The molecule has 124 valence electrons. The molecule has 1 atom stereocenters. The summed E-state index contributed by atoms with van der Waals surface area (Å²) in [5.41, 5.74) is 2.27. The third kappa shape index (κ3) is 4.84. The minimum Gasteiger partial charge on any atom is -0.491 e. The Morgan fingerprint density at radius 2 is 2.13 bits per heavy atom. The summed E-state index contributed by atoms with van der Waals surface area (Å²) < 4.78 is 7.67. The highest BCUT2D eigenvalue weighted by atomic mass is 32.2. The quantitative estimate of drug-likeness (QED) is 0.594. The van der Waals surface area contributed by atoms with Crippen molar-refractivity contribution in [2.45, 2.75) is 38.6 Å². The van der Waals surface area contributed by atoms with E-state index in [1.54, 1.807) is 6.08 Å². The molecule has 0 saturated heterocycles. The fourth-order valence-corrected chi connectivity index (χ4v) is 3.07. The minimum atomic E-state index is -0.574. The number of aliphatic hydroxyl groups excluding tert-OH is 1. The van der Waals surface area contributed by atoms with Crippen LogP contribution in [-0.4, -0.2) is 38.3 Å². The van der Waals surface area contributed by atoms with E-state index in [1.807, 2.05) is 37.5 Å².